The van der Waals surface area contributed by atoms with Gasteiger partial charge in [-0.25, -0.2) is 4.39 Å². The Balaban J connectivity index is 1.47. The molecule has 378 valence electrons. The number of thioether (sulfide) groups is 1. The van der Waals surface area contributed by atoms with Crippen molar-refractivity contribution in [3.05, 3.63) is 114 Å². The number of rotatable bonds is 30. The first-order valence-corrected chi connectivity index (χ1v) is 27.1. The van der Waals surface area contributed by atoms with Crippen molar-refractivity contribution in [3.8, 4) is 11.5 Å². The number of fused-ring (bicyclic) bond motifs is 2. The Morgan fingerprint density at radius 3 is 2.29 bits per heavy atom. The molecular weight excluding hydrogens is 888 g/mol. The highest BCUT2D eigenvalue weighted by Gasteiger charge is 2.65. The van der Waals surface area contributed by atoms with Crippen LogP contribution in [0, 0.1) is 23.6 Å². The maximum atomic E-state index is 15.2. The van der Waals surface area contributed by atoms with Crippen LogP contribution in [-0.2, 0) is 20.9 Å². The van der Waals surface area contributed by atoms with Crippen LogP contribution in [0.4, 0.5) is 4.39 Å². The number of carbonyl (C=O) groups excluding carboxylic acids is 1. The molecule has 9 nitrogen and oxygen atoms in total. The van der Waals surface area contributed by atoms with Crippen molar-refractivity contribution in [2.75, 3.05) is 32.2 Å². The lowest BCUT2D eigenvalue weighted by Gasteiger charge is -2.60. The Morgan fingerprint density at radius 1 is 0.913 bits per heavy atom. The molecule has 2 aliphatic carbocycles. The van der Waals surface area contributed by atoms with Crippen molar-refractivity contribution in [1.29, 1.82) is 0 Å². The molecule has 1 amide bonds. The first-order valence-electron chi connectivity index (χ1n) is 26.1. The fourth-order valence-electron chi connectivity index (χ4n) is 10.7. The minimum absolute atomic E-state index is 0.0161. The number of oxime groups is 1. The van der Waals surface area contributed by atoms with E-state index in [4.69, 9.17) is 24.2 Å². The third-order valence-electron chi connectivity index (χ3n) is 13.9. The maximum absolute atomic E-state index is 15.2. The zero-order valence-electron chi connectivity index (χ0n) is 42.1. The number of amides is 1. The molecule has 1 saturated carbocycles. The van der Waals surface area contributed by atoms with Crippen LogP contribution in [0.2, 0.25) is 0 Å². The van der Waals surface area contributed by atoms with E-state index in [1.807, 2.05) is 56.0 Å². The average Bonchev–Trinajstić information content (AvgIpc) is 3.34. The van der Waals surface area contributed by atoms with Crippen LogP contribution in [-0.4, -0.2) is 76.3 Å². The lowest BCUT2D eigenvalue weighted by atomic mass is 9.55. The lowest BCUT2D eigenvalue weighted by Crippen LogP contribution is -2.70. The molecule has 0 saturated heterocycles. The number of unbranched alkanes of at least 4 members (excludes halogenated alkanes) is 10. The summed E-state index contributed by atoms with van der Waals surface area (Å²) >= 11 is 1.75. The van der Waals surface area contributed by atoms with Gasteiger partial charge in [-0.1, -0.05) is 119 Å². The summed E-state index contributed by atoms with van der Waals surface area (Å²) in [6.07, 6.45) is 19.7. The van der Waals surface area contributed by atoms with E-state index < -0.39 is 23.3 Å². The van der Waals surface area contributed by atoms with Gasteiger partial charge in [-0.3, -0.25) is 4.79 Å². The SMILES string of the molecule is C=CCOC12Oc3ccc(OCCSc4ccccc4)cc3C3C(CCCCO)C(CCCCO)C=C(C(=NOC(C)(C)C)CC1N(Cc1ccc(F)cc1)C(=O)CCCCCCCCCCC)C32. The largest absolute Gasteiger partial charge is 0.493 e. The molecule has 0 spiro atoms. The van der Waals surface area contributed by atoms with Crippen LogP contribution in [0.1, 0.15) is 154 Å². The fourth-order valence-corrected chi connectivity index (χ4v) is 11.4. The number of aliphatic hydroxyl groups excluding tert-OH is 2. The fraction of sp³-hybridized carbons (Fsp3) is 0.586. The van der Waals surface area contributed by atoms with E-state index in [2.05, 4.69) is 37.8 Å². The van der Waals surface area contributed by atoms with Gasteiger partial charge < -0.3 is 34.2 Å². The van der Waals surface area contributed by atoms with Gasteiger partial charge in [-0.05, 0) is 118 Å². The highest BCUT2D eigenvalue weighted by atomic mass is 32.2. The minimum atomic E-state index is -1.40. The molecule has 3 aromatic rings. The molecule has 69 heavy (non-hydrogen) atoms. The Bertz CT molecular complexity index is 2090. The molecule has 0 aromatic heterocycles. The van der Waals surface area contributed by atoms with Crippen molar-refractivity contribution in [2.24, 2.45) is 22.9 Å². The standard InChI is InChI=1S/C58H81FN2O7S/c1-6-8-9-10-11-12-13-14-18-27-54(64)61(42-43-28-30-45(59)31-29-43)53-41-51(60-68-57(3,4)5)49-39-44(23-19-21-34-62)48(26-20-22-35-63)55-50-40-46(65-37-38-69-47-24-16-15-17-25-47)32-33-52(50)67-58(53,56(49)55)66-36-7-2/h7,15-17,24-25,28-33,39-40,44,48,53,55-56,62-63H,2,6,8-14,18-23,26-27,34-38,41-42H2,1,3-5H3. The Labute approximate surface area is 417 Å². The van der Waals surface area contributed by atoms with Crippen LogP contribution in [0.25, 0.3) is 0 Å². The summed E-state index contributed by atoms with van der Waals surface area (Å²) in [6, 6.07) is 22.2. The number of halogens is 1. The summed E-state index contributed by atoms with van der Waals surface area (Å²) in [5.74, 6) is 0.00513. The molecule has 1 fully saturated rings. The van der Waals surface area contributed by atoms with Crippen LogP contribution < -0.4 is 9.47 Å². The minimum Gasteiger partial charge on any atom is -0.493 e. The van der Waals surface area contributed by atoms with Gasteiger partial charge in [0.15, 0.2) is 0 Å². The van der Waals surface area contributed by atoms with E-state index >= 15 is 4.79 Å². The number of aliphatic hydroxyl groups is 2. The van der Waals surface area contributed by atoms with Gasteiger partial charge in [0.05, 0.1) is 24.8 Å². The number of hydrogen-bond acceptors (Lipinski definition) is 9. The van der Waals surface area contributed by atoms with E-state index in [1.54, 1.807) is 30.0 Å². The first kappa shape index (κ1) is 54.2. The summed E-state index contributed by atoms with van der Waals surface area (Å²) < 4.78 is 35.7. The molecule has 2 N–H and O–H groups in total. The molecule has 3 aromatic carbocycles. The van der Waals surface area contributed by atoms with E-state index in [9.17, 15) is 14.6 Å². The Kier molecular flexibility index (Phi) is 21.5. The Morgan fingerprint density at radius 2 is 1.61 bits per heavy atom. The predicted octanol–water partition coefficient (Wildman–Crippen LogP) is 13.4. The maximum Gasteiger partial charge on any atom is 0.239 e. The van der Waals surface area contributed by atoms with Crippen LogP contribution in [0.5, 0.6) is 11.5 Å². The van der Waals surface area contributed by atoms with Crippen LogP contribution >= 0.6 is 11.8 Å². The molecule has 6 rings (SSSR count). The van der Waals surface area contributed by atoms with Gasteiger partial charge in [0.1, 0.15) is 29.0 Å². The summed E-state index contributed by atoms with van der Waals surface area (Å²) in [7, 11) is 0. The van der Waals surface area contributed by atoms with Crippen LogP contribution in [0.15, 0.2) is 107 Å². The van der Waals surface area contributed by atoms with Gasteiger partial charge in [0, 0.05) is 54.7 Å². The number of allylic oxidation sites excluding steroid dienone is 1. The summed E-state index contributed by atoms with van der Waals surface area (Å²) in [5.41, 5.74) is 2.96. The first-order chi connectivity index (χ1) is 33.5. The Hall–Kier alpha value is -4.16. The monoisotopic (exact) mass is 969 g/mol. The van der Waals surface area contributed by atoms with Crippen molar-refractivity contribution < 1.29 is 38.4 Å². The second kappa shape index (κ2) is 27.4. The quantitative estimate of drug-likeness (QED) is 0.0294. The number of carbonyl (C=O) groups is 1. The van der Waals surface area contributed by atoms with Crippen molar-refractivity contribution in [2.45, 2.75) is 172 Å². The molecule has 1 aliphatic heterocycles. The van der Waals surface area contributed by atoms with E-state index in [0.717, 1.165) is 85.3 Å². The molecular formula is C58H81FN2O7S. The summed E-state index contributed by atoms with van der Waals surface area (Å²) in [6.45, 7) is 13.4. The second-order valence-electron chi connectivity index (χ2n) is 20.2. The van der Waals surface area contributed by atoms with Gasteiger partial charge >= 0.3 is 0 Å². The van der Waals surface area contributed by atoms with E-state index in [1.165, 1.54) is 49.1 Å². The zero-order chi connectivity index (χ0) is 49.1. The molecule has 6 unspecified atom stereocenters. The van der Waals surface area contributed by atoms with Crippen LogP contribution in [0.3, 0.4) is 0 Å². The number of hydrogen-bond donors (Lipinski definition) is 2. The topological polar surface area (TPSA) is 110 Å². The number of nitrogens with zero attached hydrogens (tertiary/aromatic N) is 2. The van der Waals surface area contributed by atoms with Gasteiger partial charge in [-0.15, -0.1) is 18.3 Å². The molecule has 11 heteroatoms. The normalized spacial score (nSPS) is 22.3. The lowest BCUT2D eigenvalue weighted by molar-refractivity contribution is -0.258. The number of ether oxygens (including phenoxy) is 3. The molecule has 3 aliphatic rings. The van der Waals surface area contributed by atoms with E-state index in [0.29, 0.717) is 38.0 Å². The molecule has 0 bridgehead atoms. The van der Waals surface area contributed by atoms with Gasteiger partial charge in [-0.2, -0.15) is 0 Å². The third-order valence-corrected chi connectivity index (χ3v) is 14.9. The average molecular weight is 969 g/mol. The second-order valence-corrected chi connectivity index (χ2v) is 21.4. The molecule has 6 atom stereocenters. The van der Waals surface area contributed by atoms with Gasteiger partial charge in [0.25, 0.3) is 0 Å². The highest BCUT2D eigenvalue weighted by molar-refractivity contribution is 7.99. The van der Waals surface area contributed by atoms with Crippen molar-refractivity contribution in [1.82, 2.24) is 4.90 Å². The third kappa shape index (κ3) is 15.2. The highest BCUT2D eigenvalue weighted by Crippen LogP contribution is 2.62. The van der Waals surface area contributed by atoms with E-state index in [-0.39, 0.29) is 55.8 Å². The summed E-state index contributed by atoms with van der Waals surface area (Å²) in [4.78, 5) is 24.7. The van der Waals surface area contributed by atoms with Crippen molar-refractivity contribution >= 4 is 23.4 Å². The molecule has 1 heterocycles. The predicted molar refractivity (Wildman–Crippen MR) is 277 cm³/mol. The zero-order valence-corrected chi connectivity index (χ0v) is 42.9. The van der Waals surface area contributed by atoms with Gasteiger partial charge in [0.2, 0.25) is 11.7 Å². The molecule has 0 radical (unpaired) electrons. The number of benzene rings is 3. The van der Waals surface area contributed by atoms with Crippen molar-refractivity contribution in [3.63, 3.8) is 0 Å². The summed E-state index contributed by atoms with van der Waals surface area (Å²) in [5, 5.41) is 25.1. The smallest absolute Gasteiger partial charge is 0.239 e.